The molecule has 0 radical (unpaired) electrons. The molecule has 4 bridgehead atoms. The van der Waals surface area contributed by atoms with Crippen LogP contribution < -0.4 is 5.32 Å². The molecule has 0 unspecified atom stereocenters. The summed E-state index contributed by atoms with van der Waals surface area (Å²) in [6.45, 7) is 0. The third-order valence-electron chi connectivity index (χ3n) is 5.81. The molecule has 0 spiro atoms. The second-order valence-corrected chi connectivity index (χ2v) is 7.27. The minimum atomic E-state index is -0.533. The van der Waals surface area contributed by atoms with E-state index in [0.717, 1.165) is 17.9 Å². The lowest BCUT2D eigenvalue weighted by molar-refractivity contribution is -0.0119. The summed E-state index contributed by atoms with van der Waals surface area (Å²) in [6, 6.07) is 5.96. The van der Waals surface area contributed by atoms with Gasteiger partial charge in [-0.25, -0.2) is 4.39 Å². The van der Waals surface area contributed by atoms with Crippen molar-refractivity contribution in [3.8, 4) is 6.07 Å². The standard InChI is InChI=1S/C18H19FN2O/c19-16-7-12(9-20)6-15(8-16)18(22)21-17-13-2-10-1-11(4-13)5-14(17)3-10/h6-8,10-11,13-14,17H,1-5H2,(H,21,22). The normalized spacial score (nSPS) is 35.2. The van der Waals surface area contributed by atoms with Gasteiger partial charge in [0.25, 0.3) is 5.91 Å². The molecular weight excluding hydrogens is 279 g/mol. The zero-order chi connectivity index (χ0) is 15.3. The average molecular weight is 298 g/mol. The van der Waals surface area contributed by atoms with E-state index in [4.69, 9.17) is 5.26 Å². The summed E-state index contributed by atoms with van der Waals surface area (Å²) in [5.41, 5.74) is 0.445. The topological polar surface area (TPSA) is 52.9 Å². The van der Waals surface area contributed by atoms with Gasteiger partial charge in [-0.05, 0) is 74.0 Å². The summed E-state index contributed by atoms with van der Waals surface area (Å²) in [5.74, 6) is 2.11. The van der Waals surface area contributed by atoms with E-state index < -0.39 is 5.82 Å². The largest absolute Gasteiger partial charge is 0.349 e. The van der Waals surface area contributed by atoms with Crippen molar-refractivity contribution in [3.63, 3.8) is 0 Å². The Hall–Kier alpha value is -1.89. The van der Waals surface area contributed by atoms with Crippen LogP contribution in [0.3, 0.4) is 0 Å². The molecule has 4 aliphatic carbocycles. The van der Waals surface area contributed by atoms with E-state index >= 15 is 0 Å². The van der Waals surface area contributed by atoms with Crippen molar-refractivity contribution < 1.29 is 9.18 Å². The van der Waals surface area contributed by atoms with Gasteiger partial charge in [0.2, 0.25) is 0 Å². The van der Waals surface area contributed by atoms with E-state index in [-0.39, 0.29) is 23.1 Å². The maximum Gasteiger partial charge on any atom is 0.251 e. The molecule has 0 heterocycles. The fourth-order valence-electron chi connectivity index (χ4n) is 5.18. The monoisotopic (exact) mass is 298 g/mol. The molecule has 114 valence electrons. The number of carbonyl (C=O) groups excluding carboxylic acids is 1. The van der Waals surface area contributed by atoms with Crippen LogP contribution in [-0.4, -0.2) is 11.9 Å². The fourth-order valence-corrected chi connectivity index (χ4v) is 5.18. The van der Waals surface area contributed by atoms with Crippen LogP contribution in [0.4, 0.5) is 4.39 Å². The molecule has 1 aromatic carbocycles. The lowest BCUT2D eigenvalue weighted by atomic mass is 9.54. The highest BCUT2D eigenvalue weighted by Crippen LogP contribution is 2.53. The van der Waals surface area contributed by atoms with E-state index in [1.54, 1.807) is 0 Å². The first-order valence-electron chi connectivity index (χ1n) is 8.14. The van der Waals surface area contributed by atoms with E-state index in [0.29, 0.717) is 11.8 Å². The average Bonchev–Trinajstić information content (AvgIpc) is 2.49. The van der Waals surface area contributed by atoms with E-state index in [2.05, 4.69) is 5.32 Å². The minimum absolute atomic E-state index is 0.190. The van der Waals surface area contributed by atoms with Gasteiger partial charge in [-0.2, -0.15) is 5.26 Å². The van der Waals surface area contributed by atoms with Crippen LogP contribution in [0.25, 0.3) is 0 Å². The lowest BCUT2D eigenvalue weighted by Gasteiger charge is -2.54. The number of hydrogen-bond acceptors (Lipinski definition) is 2. The van der Waals surface area contributed by atoms with Crippen molar-refractivity contribution in [1.82, 2.24) is 5.32 Å². The molecule has 0 aliphatic heterocycles. The Morgan fingerprint density at radius 1 is 1.09 bits per heavy atom. The smallest absolute Gasteiger partial charge is 0.251 e. The molecule has 22 heavy (non-hydrogen) atoms. The predicted molar refractivity (Wildman–Crippen MR) is 79.4 cm³/mol. The number of nitrogens with zero attached hydrogens (tertiary/aromatic N) is 1. The first kappa shape index (κ1) is 13.8. The Balaban J connectivity index is 1.53. The molecular formula is C18H19FN2O. The maximum atomic E-state index is 13.5. The number of halogens is 1. The fraction of sp³-hybridized carbons (Fsp3) is 0.556. The van der Waals surface area contributed by atoms with Crippen LogP contribution in [0.1, 0.15) is 48.0 Å². The molecule has 0 aromatic heterocycles. The Morgan fingerprint density at radius 2 is 1.73 bits per heavy atom. The molecule has 1 amide bonds. The van der Waals surface area contributed by atoms with Gasteiger partial charge in [0, 0.05) is 11.6 Å². The molecule has 4 aliphatic rings. The van der Waals surface area contributed by atoms with Gasteiger partial charge in [0.05, 0.1) is 11.6 Å². The number of nitrogens with one attached hydrogen (secondary N) is 1. The SMILES string of the molecule is N#Cc1cc(F)cc(C(=O)NC2C3CC4CC(C3)CC2C4)c1. The van der Waals surface area contributed by atoms with Gasteiger partial charge in [-0.15, -0.1) is 0 Å². The molecule has 4 saturated carbocycles. The van der Waals surface area contributed by atoms with E-state index in [1.165, 1.54) is 44.2 Å². The van der Waals surface area contributed by atoms with Gasteiger partial charge < -0.3 is 5.32 Å². The van der Waals surface area contributed by atoms with Gasteiger partial charge in [0.1, 0.15) is 5.82 Å². The molecule has 0 atom stereocenters. The van der Waals surface area contributed by atoms with E-state index in [1.807, 2.05) is 6.07 Å². The number of carbonyl (C=O) groups is 1. The van der Waals surface area contributed by atoms with Gasteiger partial charge >= 0.3 is 0 Å². The highest BCUT2D eigenvalue weighted by Gasteiger charge is 2.48. The van der Waals surface area contributed by atoms with Gasteiger partial charge in [0.15, 0.2) is 0 Å². The van der Waals surface area contributed by atoms with E-state index in [9.17, 15) is 9.18 Å². The van der Waals surface area contributed by atoms with Crippen LogP contribution in [0.5, 0.6) is 0 Å². The van der Waals surface area contributed by atoms with Crippen LogP contribution >= 0.6 is 0 Å². The summed E-state index contributed by atoms with van der Waals surface area (Å²) in [7, 11) is 0. The van der Waals surface area contributed by atoms with Crippen LogP contribution in [0, 0.1) is 40.8 Å². The second-order valence-electron chi connectivity index (χ2n) is 7.27. The summed E-state index contributed by atoms with van der Waals surface area (Å²) in [6.07, 6.45) is 6.28. The number of amides is 1. The quantitative estimate of drug-likeness (QED) is 0.911. The first-order valence-corrected chi connectivity index (χ1v) is 8.14. The zero-order valence-electron chi connectivity index (χ0n) is 12.4. The van der Waals surface area contributed by atoms with Crippen molar-refractivity contribution in [2.75, 3.05) is 0 Å². The van der Waals surface area contributed by atoms with Crippen molar-refractivity contribution in [2.24, 2.45) is 23.7 Å². The Labute approximate surface area is 129 Å². The summed E-state index contributed by atoms with van der Waals surface area (Å²) >= 11 is 0. The van der Waals surface area contributed by atoms with Crippen LogP contribution in [0.15, 0.2) is 18.2 Å². The summed E-state index contributed by atoms with van der Waals surface area (Å²) in [5, 5.41) is 12.0. The molecule has 0 saturated heterocycles. The van der Waals surface area contributed by atoms with Crippen LogP contribution in [-0.2, 0) is 0 Å². The summed E-state index contributed by atoms with van der Waals surface area (Å²) in [4.78, 5) is 12.5. The molecule has 5 rings (SSSR count). The number of hydrogen-bond donors (Lipinski definition) is 1. The van der Waals surface area contributed by atoms with Crippen molar-refractivity contribution >= 4 is 5.91 Å². The maximum absolute atomic E-state index is 13.5. The number of benzene rings is 1. The van der Waals surface area contributed by atoms with Gasteiger partial charge in [-0.3, -0.25) is 4.79 Å². The minimum Gasteiger partial charge on any atom is -0.349 e. The number of rotatable bonds is 2. The highest BCUT2D eigenvalue weighted by atomic mass is 19.1. The molecule has 4 heteroatoms. The highest BCUT2D eigenvalue weighted by molar-refractivity contribution is 5.94. The molecule has 1 N–H and O–H groups in total. The number of nitriles is 1. The third kappa shape index (κ3) is 2.29. The van der Waals surface area contributed by atoms with Crippen LogP contribution in [0.2, 0.25) is 0 Å². The summed E-state index contributed by atoms with van der Waals surface area (Å²) < 4.78 is 13.5. The second kappa shape index (κ2) is 5.08. The molecule has 4 fully saturated rings. The van der Waals surface area contributed by atoms with Crippen molar-refractivity contribution in [2.45, 2.75) is 38.1 Å². The molecule has 1 aromatic rings. The molecule has 3 nitrogen and oxygen atoms in total. The first-order chi connectivity index (χ1) is 10.6. The predicted octanol–water partition coefficient (Wildman–Crippen LogP) is 3.25. The Bertz CT molecular complexity index is 636. The Kier molecular flexibility index (Phi) is 3.18. The third-order valence-corrected chi connectivity index (χ3v) is 5.81. The Morgan fingerprint density at radius 3 is 2.32 bits per heavy atom. The van der Waals surface area contributed by atoms with Crippen molar-refractivity contribution in [1.29, 1.82) is 5.26 Å². The lowest BCUT2D eigenvalue weighted by Crippen LogP contribution is -2.55. The van der Waals surface area contributed by atoms with Gasteiger partial charge in [-0.1, -0.05) is 0 Å². The van der Waals surface area contributed by atoms with Crippen molar-refractivity contribution in [3.05, 3.63) is 35.1 Å². The zero-order valence-corrected chi connectivity index (χ0v) is 12.4.